The van der Waals surface area contributed by atoms with Gasteiger partial charge in [0.05, 0.1) is 11.7 Å². The molecule has 0 aromatic heterocycles. The first-order chi connectivity index (χ1) is 20.4. The maximum atomic E-state index is 13.1. The van der Waals surface area contributed by atoms with Gasteiger partial charge < -0.3 is 15.5 Å². The number of aliphatic imine (C=N–C) groups is 1. The molecule has 1 aliphatic carbocycles. The van der Waals surface area contributed by atoms with Crippen LogP contribution in [0.3, 0.4) is 0 Å². The van der Waals surface area contributed by atoms with Crippen LogP contribution in [0.2, 0.25) is 5.02 Å². The first-order valence-electron chi connectivity index (χ1n) is 15.7. The van der Waals surface area contributed by atoms with Gasteiger partial charge in [0, 0.05) is 49.2 Å². The van der Waals surface area contributed by atoms with Crippen LogP contribution in [0.5, 0.6) is 0 Å². The van der Waals surface area contributed by atoms with Crippen molar-refractivity contribution in [3.05, 3.63) is 58.3 Å². The van der Waals surface area contributed by atoms with Crippen molar-refractivity contribution >= 4 is 45.7 Å². The molecule has 4 aliphatic rings. The number of aryl methyl sites for hydroxylation is 1. The number of urea groups is 1. The van der Waals surface area contributed by atoms with Crippen LogP contribution in [0.15, 0.2) is 47.1 Å². The van der Waals surface area contributed by atoms with E-state index < -0.39 is 0 Å². The number of nitrogens with zero attached hydrogens (tertiary/aromatic N) is 4. The van der Waals surface area contributed by atoms with Crippen LogP contribution in [0.25, 0.3) is 0 Å². The maximum Gasteiger partial charge on any atom is 0.314 e. The minimum absolute atomic E-state index is 0.110. The van der Waals surface area contributed by atoms with Crippen LogP contribution < -0.4 is 5.73 Å². The Balaban J connectivity index is 1.18. The SMILES string of the molecule is C=CC1=C(N=CCBr)C(N2CCC(C3CCN(C(=O)CC4CCN(C(N)=O)CC4)CC3)CC2)c2ccc(Cl)cc2CC1. The molecule has 228 valence electrons. The number of likely N-dealkylation sites (tertiary alicyclic amines) is 3. The molecule has 1 aromatic rings. The third-order valence-corrected chi connectivity index (χ3v) is 10.6. The largest absolute Gasteiger partial charge is 0.351 e. The predicted molar refractivity (Wildman–Crippen MR) is 174 cm³/mol. The Morgan fingerprint density at radius 2 is 1.62 bits per heavy atom. The molecule has 5 rings (SSSR count). The molecule has 2 N–H and O–H groups in total. The lowest BCUT2D eigenvalue weighted by atomic mass is 9.78. The van der Waals surface area contributed by atoms with E-state index in [0.29, 0.717) is 37.3 Å². The zero-order chi connectivity index (χ0) is 29.6. The molecule has 1 atom stereocenters. The number of benzene rings is 1. The Morgan fingerprint density at radius 1 is 0.976 bits per heavy atom. The van der Waals surface area contributed by atoms with E-state index in [2.05, 4.69) is 44.4 Å². The van der Waals surface area contributed by atoms with Crippen molar-refractivity contribution in [2.75, 3.05) is 44.6 Å². The zero-order valence-corrected chi connectivity index (χ0v) is 27.0. The summed E-state index contributed by atoms with van der Waals surface area (Å²) < 4.78 is 0. The number of halogens is 2. The molecule has 9 heteroatoms. The van der Waals surface area contributed by atoms with E-state index in [1.165, 1.54) is 29.5 Å². The number of amides is 3. The number of primary amides is 1. The summed E-state index contributed by atoms with van der Waals surface area (Å²) in [5.41, 5.74) is 10.4. The van der Waals surface area contributed by atoms with Crippen molar-refractivity contribution in [1.29, 1.82) is 0 Å². The first-order valence-corrected chi connectivity index (χ1v) is 17.2. The van der Waals surface area contributed by atoms with Crippen LogP contribution in [0.4, 0.5) is 4.79 Å². The van der Waals surface area contributed by atoms with Crippen LogP contribution in [-0.2, 0) is 11.2 Å². The predicted octanol–water partition coefficient (Wildman–Crippen LogP) is 6.36. The molecule has 3 fully saturated rings. The zero-order valence-electron chi connectivity index (χ0n) is 24.7. The standard InChI is InChI=1S/C33H45BrClN5O2/c1-2-24-3-4-27-22-28(35)5-6-29(27)32(31(24)37-14-13-34)39-19-11-26(12-20-39)25-9-17-38(18-10-25)30(41)21-23-7-15-40(16-8-23)33(36)42/h2,5-6,14,22-23,25-26,32H,1,3-4,7-13,15-21H2,(H2,36,42). The van der Waals surface area contributed by atoms with Crippen molar-refractivity contribution in [1.82, 2.24) is 14.7 Å². The molecule has 42 heavy (non-hydrogen) atoms. The van der Waals surface area contributed by atoms with Gasteiger partial charge in [0.1, 0.15) is 0 Å². The van der Waals surface area contributed by atoms with Crippen LogP contribution in [0, 0.1) is 17.8 Å². The Hall–Kier alpha value is -2.16. The smallest absolute Gasteiger partial charge is 0.314 e. The Kier molecular flexibility index (Phi) is 10.8. The number of alkyl halides is 1. The number of fused-ring (bicyclic) bond motifs is 1. The topological polar surface area (TPSA) is 82.2 Å². The summed E-state index contributed by atoms with van der Waals surface area (Å²) in [5.74, 6) is 2.03. The van der Waals surface area contributed by atoms with Crippen LogP contribution >= 0.6 is 27.5 Å². The summed E-state index contributed by atoms with van der Waals surface area (Å²) in [6.07, 6.45) is 12.7. The van der Waals surface area contributed by atoms with Crippen molar-refractivity contribution < 1.29 is 9.59 Å². The second-order valence-corrected chi connectivity index (χ2v) is 13.5. The molecule has 0 saturated carbocycles. The summed E-state index contributed by atoms with van der Waals surface area (Å²) in [7, 11) is 0. The summed E-state index contributed by atoms with van der Waals surface area (Å²) >= 11 is 9.95. The van der Waals surface area contributed by atoms with Crippen molar-refractivity contribution in [3.8, 4) is 0 Å². The second kappa shape index (κ2) is 14.5. The number of hydrogen-bond acceptors (Lipinski definition) is 4. The Bertz CT molecular complexity index is 1190. The van der Waals surface area contributed by atoms with E-state index in [9.17, 15) is 9.59 Å². The second-order valence-electron chi connectivity index (χ2n) is 12.4. The molecule has 1 unspecified atom stereocenters. The van der Waals surface area contributed by atoms with Gasteiger partial charge in [-0.05, 0) is 111 Å². The van der Waals surface area contributed by atoms with Gasteiger partial charge in [-0.3, -0.25) is 14.7 Å². The molecular weight excluding hydrogens is 614 g/mol. The lowest BCUT2D eigenvalue weighted by molar-refractivity contribution is -0.134. The van der Waals surface area contributed by atoms with E-state index in [-0.39, 0.29) is 18.0 Å². The van der Waals surface area contributed by atoms with Gasteiger partial charge in [-0.15, -0.1) is 0 Å². The van der Waals surface area contributed by atoms with Crippen molar-refractivity contribution in [3.63, 3.8) is 0 Å². The quantitative estimate of drug-likeness (QED) is 0.273. The number of hydrogen-bond donors (Lipinski definition) is 1. The Morgan fingerprint density at radius 3 is 2.24 bits per heavy atom. The summed E-state index contributed by atoms with van der Waals surface area (Å²) in [6.45, 7) is 9.31. The molecule has 3 aliphatic heterocycles. The molecule has 3 saturated heterocycles. The highest BCUT2D eigenvalue weighted by atomic mass is 79.9. The number of piperidine rings is 3. The number of carbonyl (C=O) groups is 2. The fraction of sp³-hybridized carbons (Fsp3) is 0.606. The normalized spacial score (nSPS) is 23.7. The van der Waals surface area contributed by atoms with Gasteiger partial charge in [-0.1, -0.05) is 46.3 Å². The lowest BCUT2D eigenvalue weighted by Crippen LogP contribution is -2.45. The molecule has 7 nitrogen and oxygen atoms in total. The van der Waals surface area contributed by atoms with E-state index in [1.54, 1.807) is 4.90 Å². The van der Waals surface area contributed by atoms with Gasteiger partial charge in [0.25, 0.3) is 0 Å². The molecule has 0 spiro atoms. The summed E-state index contributed by atoms with van der Waals surface area (Å²) in [6, 6.07) is 6.12. The monoisotopic (exact) mass is 657 g/mol. The molecule has 1 aromatic carbocycles. The van der Waals surface area contributed by atoms with Gasteiger partial charge in [0.2, 0.25) is 5.91 Å². The Labute approximate surface area is 264 Å². The summed E-state index contributed by atoms with van der Waals surface area (Å²) in [5, 5.41) is 1.51. The van der Waals surface area contributed by atoms with Gasteiger partial charge in [-0.2, -0.15) is 0 Å². The van der Waals surface area contributed by atoms with E-state index >= 15 is 0 Å². The minimum Gasteiger partial charge on any atom is -0.351 e. The average Bonchev–Trinajstić information content (AvgIpc) is 3.16. The van der Waals surface area contributed by atoms with Crippen LogP contribution in [-0.4, -0.2) is 77.5 Å². The number of rotatable bonds is 7. The van der Waals surface area contributed by atoms with E-state index in [0.717, 1.165) is 80.8 Å². The summed E-state index contributed by atoms with van der Waals surface area (Å²) in [4.78, 5) is 35.9. The fourth-order valence-electron chi connectivity index (χ4n) is 7.64. The van der Waals surface area contributed by atoms with Gasteiger partial charge >= 0.3 is 6.03 Å². The molecule has 0 radical (unpaired) electrons. The fourth-order valence-corrected chi connectivity index (χ4v) is 7.98. The third kappa shape index (κ3) is 7.31. The highest BCUT2D eigenvalue weighted by molar-refractivity contribution is 9.09. The highest BCUT2D eigenvalue weighted by Gasteiger charge is 2.36. The van der Waals surface area contributed by atoms with E-state index in [4.69, 9.17) is 22.3 Å². The average molecular weight is 659 g/mol. The molecule has 3 amide bonds. The number of carbonyl (C=O) groups excluding carboxylic acids is 2. The molecule has 0 bridgehead atoms. The minimum atomic E-state index is -0.349. The first kappa shape index (κ1) is 31.3. The lowest BCUT2D eigenvalue weighted by Gasteiger charge is -2.43. The van der Waals surface area contributed by atoms with Crippen molar-refractivity contribution in [2.24, 2.45) is 28.5 Å². The third-order valence-electron chi connectivity index (χ3n) is 10.1. The van der Waals surface area contributed by atoms with E-state index in [1.807, 2.05) is 18.4 Å². The molecular formula is C33H45BrClN5O2. The number of allylic oxidation sites excluding steroid dienone is 2. The molecule has 3 heterocycles. The maximum absolute atomic E-state index is 13.1. The highest BCUT2D eigenvalue weighted by Crippen LogP contribution is 2.42. The van der Waals surface area contributed by atoms with Gasteiger partial charge in [0.15, 0.2) is 0 Å². The van der Waals surface area contributed by atoms with Gasteiger partial charge in [-0.25, -0.2) is 4.79 Å². The van der Waals surface area contributed by atoms with Crippen LogP contribution in [0.1, 0.15) is 68.5 Å². The van der Waals surface area contributed by atoms with Crippen molar-refractivity contribution in [2.45, 2.75) is 63.8 Å². The number of nitrogens with two attached hydrogens (primary N) is 1.